The molecule has 3 rings (SSSR count). The molecule has 2 unspecified atom stereocenters. The van der Waals surface area contributed by atoms with Crippen LogP contribution in [0.15, 0.2) is 34.7 Å². The number of fused-ring (bicyclic) bond motifs is 1. The summed E-state index contributed by atoms with van der Waals surface area (Å²) in [6.45, 7) is 5.63. The molecule has 0 aliphatic carbocycles. The maximum Gasteiger partial charge on any atom is 0.289 e. The fraction of sp³-hybridized carbons (Fsp3) is 0.400. The first kappa shape index (κ1) is 12.2. The largest absolute Gasteiger partial charge is 0.451 e. The van der Waals surface area contributed by atoms with E-state index in [1.807, 2.05) is 35.2 Å². The van der Waals surface area contributed by atoms with Gasteiger partial charge in [-0.25, -0.2) is 0 Å². The highest BCUT2D eigenvalue weighted by molar-refractivity contribution is 5.96. The summed E-state index contributed by atoms with van der Waals surface area (Å²) in [5.74, 6) is 0.416. The molecule has 2 heterocycles. The third-order valence-corrected chi connectivity index (χ3v) is 3.48. The number of carbonyl (C=O) groups excluding carboxylic acids is 1. The number of para-hydroxylation sites is 1. The summed E-state index contributed by atoms with van der Waals surface area (Å²) in [7, 11) is 0. The van der Waals surface area contributed by atoms with Crippen LogP contribution in [0.4, 0.5) is 0 Å². The van der Waals surface area contributed by atoms with Gasteiger partial charge in [0.15, 0.2) is 5.76 Å². The summed E-state index contributed by atoms with van der Waals surface area (Å²) < 4.78 is 5.64. The molecule has 0 radical (unpaired) electrons. The van der Waals surface area contributed by atoms with Gasteiger partial charge in [0.05, 0.1) is 0 Å². The minimum Gasteiger partial charge on any atom is -0.451 e. The quantitative estimate of drug-likeness (QED) is 0.853. The van der Waals surface area contributed by atoms with Gasteiger partial charge in [0.2, 0.25) is 0 Å². The van der Waals surface area contributed by atoms with Gasteiger partial charge in [-0.3, -0.25) is 4.79 Å². The first-order valence-electron chi connectivity index (χ1n) is 6.67. The first-order valence-corrected chi connectivity index (χ1v) is 6.67. The summed E-state index contributed by atoms with van der Waals surface area (Å²) >= 11 is 0. The average molecular weight is 258 g/mol. The van der Waals surface area contributed by atoms with Crippen LogP contribution in [0.3, 0.4) is 0 Å². The lowest BCUT2D eigenvalue weighted by Crippen LogP contribution is -2.55. The van der Waals surface area contributed by atoms with Gasteiger partial charge in [0.25, 0.3) is 5.91 Å². The Hall–Kier alpha value is -1.81. The van der Waals surface area contributed by atoms with Crippen molar-refractivity contribution >= 4 is 16.9 Å². The number of furan rings is 1. The van der Waals surface area contributed by atoms with Crippen LogP contribution < -0.4 is 5.32 Å². The lowest BCUT2D eigenvalue weighted by Gasteiger charge is -2.35. The zero-order chi connectivity index (χ0) is 13.4. The minimum absolute atomic E-state index is 0.0172. The maximum absolute atomic E-state index is 12.5. The predicted molar refractivity (Wildman–Crippen MR) is 74.2 cm³/mol. The third kappa shape index (κ3) is 2.36. The topological polar surface area (TPSA) is 45.5 Å². The van der Waals surface area contributed by atoms with Crippen molar-refractivity contribution in [2.75, 3.05) is 13.1 Å². The second kappa shape index (κ2) is 4.70. The lowest BCUT2D eigenvalue weighted by molar-refractivity contribution is 0.0644. The second-order valence-corrected chi connectivity index (χ2v) is 5.33. The van der Waals surface area contributed by atoms with E-state index in [0.717, 1.165) is 24.1 Å². The Balaban J connectivity index is 1.86. The zero-order valence-corrected chi connectivity index (χ0v) is 11.2. The maximum atomic E-state index is 12.5. The molecule has 0 spiro atoms. The summed E-state index contributed by atoms with van der Waals surface area (Å²) in [6.07, 6.45) is 0. The molecule has 1 saturated heterocycles. The van der Waals surface area contributed by atoms with Crippen molar-refractivity contribution in [1.29, 1.82) is 0 Å². The van der Waals surface area contributed by atoms with E-state index in [9.17, 15) is 4.79 Å². The van der Waals surface area contributed by atoms with Crippen molar-refractivity contribution in [3.05, 3.63) is 36.1 Å². The number of nitrogens with zero attached hydrogens (tertiary/aromatic N) is 1. The van der Waals surface area contributed by atoms with Gasteiger partial charge < -0.3 is 14.6 Å². The fourth-order valence-electron chi connectivity index (χ4n) is 2.74. The van der Waals surface area contributed by atoms with Gasteiger partial charge >= 0.3 is 0 Å². The van der Waals surface area contributed by atoms with E-state index in [1.165, 1.54) is 0 Å². The van der Waals surface area contributed by atoms with E-state index < -0.39 is 0 Å². The van der Waals surface area contributed by atoms with Crippen LogP contribution in [0, 0.1) is 0 Å². The normalized spacial score (nSPS) is 23.8. The van der Waals surface area contributed by atoms with Gasteiger partial charge in [0, 0.05) is 30.6 Å². The van der Waals surface area contributed by atoms with Crippen LogP contribution in [0.25, 0.3) is 11.0 Å². The van der Waals surface area contributed by atoms with Crippen molar-refractivity contribution in [1.82, 2.24) is 10.2 Å². The molecule has 4 nitrogen and oxygen atoms in total. The third-order valence-electron chi connectivity index (χ3n) is 3.48. The molecule has 1 aromatic carbocycles. The number of benzene rings is 1. The van der Waals surface area contributed by atoms with Crippen LogP contribution in [-0.2, 0) is 0 Å². The molecule has 100 valence electrons. The fourth-order valence-corrected chi connectivity index (χ4v) is 2.74. The van der Waals surface area contributed by atoms with Crippen molar-refractivity contribution < 1.29 is 9.21 Å². The van der Waals surface area contributed by atoms with Gasteiger partial charge in [-0.2, -0.15) is 0 Å². The lowest BCUT2D eigenvalue weighted by atomic mass is 10.1. The highest BCUT2D eigenvalue weighted by Gasteiger charge is 2.27. The first-order chi connectivity index (χ1) is 9.13. The molecular formula is C15H18N2O2. The van der Waals surface area contributed by atoms with E-state index in [-0.39, 0.29) is 5.91 Å². The molecule has 2 aromatic rings. The number of piperazine rings is 1. The van der Waals surface area contributed by atoms with Crippen molar-refractivity contribution in [2.45, 2.75) is 25.9 Å². The Morgan fingerprint density at radius 3 is 2.63 bits per heavy atom. The number of hydrogen-bond acceptors (Lipinski definition) is 3. The van der Waals surface area contributed by atoms with Crippen molar-refractivity contribution in [2.24, 2.45) is 0 Å². The van der Waals surface area contributed by atoms with Gasteiger partial charge in [0.1, 0.15) is 5.58 Å². The van der Waals surface area contributed by atoms with E-state index >= 15 is 0 Å². The van der Waals surface area contributed by atoms with Crippen LogP contribution in [0.2, 0.25) is 0 Å². The van der Waals surface area contributed by atoms with Crippen molar-refractivity contribution in [3.63, 3.8) is 0 Å². The number of amides is 1. The number of nitrogens with one attached hydrogen (secondary N) is 1. The van der Waals surface area contributed by atoms with Crippen LogP contribution >= 0.6 is 0 Å². The Bertz CT molecular complexity index is 562. The Labute approximate surface area is 112 Å². The number of carbonyl (C=O) groups is 1. The molecule has 0 bridgehead atoms. The highest BCUT2D eigenvalue weighted by atomic mass is 16.3. The molecule has 1 aliphatic heterocycles. The molecule has 1 N–H and O–H groups in total. The second-order valence-electron chi connectivity index (χ2n) is 5.33. The van der Waals surface area contributed by atoms with E-state index in [1.54, 1.807) is 0 Å². The Morgan fingerprint density at radius 1 is 1.26 bits per heavy atom. The molecule has 2 atom stereocenters. The summed E-state index contributed by atoms with van der Waals surface area (Å²) in [4.78, 5) is 14.3. The molecule has 4 heteroatoms. The van der Waals surface area contributed by atoms with E-state index in [0.29, 0.717) is 17.8 Å². The minimum atomic E-state index is -0.0172. The summed E-state index contributed by atoms with van der Waals surface area (Å²) in [5, 5.41) is 4.39. The molecule has 1 aromatic heterocycles. The van der Waals surface area contributed by atoms with Crippen LogP contribution in [0.1, 0.15) is 24.4 Å². The monoisotopic (exact) mass is 258 g/mol. The van der Waals surface area contributed by atoms with Gasteiger partial charge in [-0.1, -0.05) is 18.2 Å². The van der Waals surface area contributed by atoms with Crippen molar-refractivity contribution in [3.8, 4) is 0 Å². The molecule has 19 heavy (non-hydrogen) atoms. The predicted octanol–water partition coefficient (Wildman–Crippen LogP) is 2.26. The number of hydrogen-bond donors (Lipinski definition) is 1. The Morgan fingerprint density at radius 2 is 1.95 bits per heavy atom. The molecular weight excluding hydrogens is 240 g/mol. The number of rotatable bonds is 1. The molecule has 1 aliphatic rings. The SMILES string of the molecule is CC1CN(C(=O)c2cc3ccccc3o2)CC(C)N1. The summed E-state index contributed by atoms with van der Waals surface area (Å²) in [6, 6.07) is 10.2. The van der Waals surface area contributed by atoms with E-state index in [2.05, 4.69) is 19.2 Å². The smallest absolute Gasteiger partial charge is 0.289 e. The molecule has 1 amide bonds. The Kier molecular flexibility index (Phi) is 3.03. The van der Waals surface area contributed by atoms with Gasteiger partial charge in [-0.05, 0) is 26.0 Å². The highest BCUT2D eigenvalue weighted by Crippen LogP contribution is 2.20. The van der Waals surface area contributed by atoms with Gasteiger partial charge in [-0.15, -0.1) is 0 Å². The molecule has 1 fully saturated rings. The standard InChI is InChI=1S/C15H18N2O2/c1-10-8-17(9-11(2)16-10)15(18)14-7-12-5-3-4-6-13(12)19-14/h3-7,10-11,16H,8-9H2,1-2H3. The average Bonchev–Trinajstić information content (AvgIpc) is 2.80. The zero-order valence-electron chi connectivity index (χ0n) is 11.2. The molecule has 0 saturated carbocycles. The summed E-state index contributed by atoms with van der Waals surface area (Å²) in [5.41, 5.74) is 0.766. The van der Waals surface area contributed by atoms with Crippen LogP contribution in [0.5, 0.6) is 0 Å². The van der Waals surface area contributed by atoms with E-state index in [4.69, 9.17) is 4.42 Å². The van der Waals surface area contributed by atoms with Crippen LogP contribution in [-0.4, -0.2) is 36.0 Å².